The Bertz CT molecular complexity index is 453. The standard InChI is InChI=1S/C16H22N2O2/c1-18(14-10-6-3-7-11-14)15(19)12-17-16(20)13-8-4-2-5-9-13/h2,4-5,8-9,14H,3,6-7,10-12H2,1H3,(H,17,20). The average molecular weight is 274 g/mol. The van der Waals surface area contributed by atoms with E-state index in [4.69, 9.17) is 0 Å². The van der Waals surface area contributed by atoms with Gasteiger partial charge in [-0.2, -0.15) is 0 Å². The van der Waals surface area contributed by atoms with Gasteiger partial charge in [0.2, 0.25) is 5.91 Å². The van der Waals surface area contributed by atoms with Gasteiger partial charge in [0.1, 0.15) is 0 Å². The van der Waals surface area contributed by atoms with E-state index < -0.39 is 0 Å². The minimum absolute atomic E-state index is 0.0128. The minimum Gasteiger partial charge on any atom is -0.343 e. The predicted molar refractivity (Wildman–Crippen MR) is 78.4 cm³/mol. The normalized spacial score (nSPS) is 15.7. The van der Waals surface area contributed by atoms with E-state index in [9.17, 15) is 9.59 Å². The van der Waals surface area contributed by atoms with Crippen molar-refractivity contribution in [1.82, 2.24) is 10.2 Å². The van der Waals surface area contributed by atoms with Gasteiger partial charge in [-0.3, -0.25) is 9.59 Å². The first-order chi connectivity index (χ1) is 9.68. The van der Waals surface area contributed by atoms with Crippen LogP contribution in [-0.2, 0) is 4.79 Å². The maximum atomic E-state index is 12.1. The van der Waals surface area contributed by atoms with E-state index in [0.29, 0.717) is 11.6 Å². The van der Waals surface area contributed by atoms with Crippen LogP contribution < -0.4 is 5.32 Å². The lowest BCUT2D eigenvalue weighted by Gasteiger charge is -2.31. The third-order valence-electron chi connectivity index (χ3n) is 3.95. The van der Waals surface area contributed by atoms with Crippen LogP contribution in [0.25, 0.3) is 0 Å². The van der Waals surface area contributed by atoms with Crippen molar-refractivity contribution in [3.05, 3.63) is 35.9 Å². The summed E-state index contributed by atoms with van der Waals surface area (Å²) in [6.07, 6.45) is 5.81. The van der Waals surface area contributed by atoms with Crippen molar-refractivity contribution in [2.24, 2.45) is 0 Å². The summed E-state index contributed by atoms with van der Waals surface area (Å²) < 4.78 is 0. The lowest BCUT2D eigenvalue weighted by Crippen LogP contribution is -2.44. The number of rotatable bonds is 4. The van der Waals surface area contributed by atoms with Crippen LogP contribution in [0.2, 0.25) is 0 Å². The van der Waals surface area contributed by atoms with E-state index in [-0.39, 0.29) is 18.4 Å². The molecular weight excluding hydrogens is 252 g/mol. The highest BCUT2D eigenvalue weighted by atomic mass is 16.2. The third-order valence-corrected chi connectivity index (χ3v) is 3.95. The molecule has 20 heavy (non-hydrogen) atoms. The van der Waals surface area contributed by atoms with Gasteiger partial charge in [-0.05, 0) is 25.0 Å². The number of hydrogen-bond donors (Lipinski definition) is 1. The molecule has 1 aromatic carbocycles. The number of amides is 2. The molecular formula is C16H22N2O2. The summed E-state index contributed by atoms with van der Waals surface area (Å²) in [4.78, 5) is 25.8. The van der Waals surface area contributed by atoms with Crippen LogP contribution in [0.5, 0.6) is 0 Å². The molecule has 0 spiro atoms. The van der Waals surface area contributed by atoms with Gasteiger partial charge in [0.25, 0.3) is 5.91 Å². The Morgan fingerprint density at radius 2 is 1.80 bits per heavy atom. The largest absolute Gasteiger partial charge is 0.343 e. The van der Waals surface area contributed by atoms with Crippen LogP contribution in [0.1, 0.15) is 42.5 Å². The molecule has 0 saturated heterocycles. The molecule has 1 fully saturated rings. The van der Waals surface area contributed by atoms with Crippen LogP contribution in [-0.4, -0.2) is 36.3 Å². The van der Waals surface area contributed by atoms with E-state index in [2.05, 4.69) is 5.32 Å². The predicted octanol–water partition coefficient (Wildman–Crippen LogP) is 2.21. The number of carbonyl (C=O) groups excluding carboxylic acids is 2. The summed E-state index contributed by atoms with van der Waals surface area (Å²) in [5.74, 6) is -0.211. The Balaban J connectivity index is 1.81. The van der Waals surface area contributed by atoms with Crippen LogP contribution in [0.4, 0.5) is 0 Å². The van der Waals surface area contributed by atoms with E-state index in [1.54, 1.807) is 17.0 Å². The van der Waals surface area contributed by atoms with E-state index in [0.717, 1.165) is 12.8 Å². The molecule has 0 unspecified atom stereocenters. The Labute approximate surface area is 120 Å². The van der Waals surface area contributed by atoms with Crippen LogP contribution >= 0.6 is 0 Å². The molecule has 1 aromatic rings. The molecule has 2 rings (SSSR count). The summed E-state index contributed by atoms with van der Waals surface area (Å²) >= 11 is 0. The topological polar surface area (TPSA) is 49.4 Å². The second kappa shape index (κ2) is 7.08. The highest BCUT2D eigenvalue weighted by Gasteiger charge is 2.22. The van der Waals surface area contributed by atoms with Gasteiger partial charge in [-0.25, -0.2) is 0 Å². The second-order valence-corrected chi connectivity index (χ2v) is 5.35. The monoisotopic (exact) mass is 274 g/mol. The Morgan fingerprint density at radius 3 is 2.45 bits per heavy atom. The van der Waals surface area contributed by atoms with E-state index in [1.807, 2.05) is 25.2 Å². The van der Waals surface area contributed by atoms with Crippen molar-refractivity contribution in [2.75, 3.05) is 13.6 Å². The highest BCUT2D eigenvalue weighted by molar-refractivity contribution is 5.96. The lowest BCUT2D eigenvalue weighted by atomic mass is 9.94. The van der Waals surface area contributed by atoms with Crippen LogP contribution in [0.15, 0.2) is 30.3 Å². The van der Waals surface area contributed by atoms with E-state index in [1.165, 1.54) is 19.3 Å². The molecule has 2 amide bonds. The van der Waals surface area contributed by atoms with Crippen LogP contribution in [0, 0.1) is 0 Å². The number of carbonyl (C=O) groups is 2. The fraction of sp³-hybridized carbons (Fsp3) is 0.500. The Kier molecular flexibility index (Phi) is 5.16. The maximum Gasteiger partial charge on any atom is 0.251 e. The summed E-state index contributed by atoms with van der Waals surface area (Å²) in [7, 11) is 1.84. The van der Waals surface area contributed by atoms with Gasteiger partial charge < -0.3 is 10.2 Å². The Morgan fingerprint density at radius 1 is 1.15 bits per heavy atom. The molecule has 1 saturated carbocycles. The van der Waals surface area contributed by atoms with Gasteiger partial charge in [-0.1, -0.05) is 37.5 Å². The molecule has 108 valence electrons. The Hall–Kier alpha value is -1.84. The lowest BCUT2D eigenvalue weighted by molar-refractivity contribution is -0.131. The van der Waals surface area contributed by atoms with Gasteiger partial charge >= 0.3 is 0 Å². The molecule has 0 heterocycles. The zero-order valence-electron chi connectivity index (χ0n) is 12.0. The fourth-order valence-electron chi connectivity index (χ4n) is 2.64. The molecule has 1 N–H and O–H groups in total. The third kappa shape index (κ3) is 3.83. The smallest absolute Gasteiger partial charge is 0.251 e. The highest BCUT2D eigenvalue weighted by Crippen LogP contribution is 2.21. The number of nitrogens with one attached hydrogen (secondary N) is 1. The summed E-state index contributed by atoms with van der Waals surface area (Å²) in [6.45, 7) is 0.0702. The molecule has 1 aliphatic carbocycles. The zero-order valence-corrected chi connectivity index (χ0v) is 12.0. The second-order valence-electron chi connectivity index (χ2n) is 5.35. The maximum absolute atomic E-state index is 12.1. The van der Waals surface area contributed by atoms with Crippen molar-refractivity contribution in [2.45, 2.75) is 38.1 Å². The summed E-state index contributed by atoms with van der Waals surface area (Å²) in [6, 6.07) is 9.30. The molecule has 1 aliphatic rings. The SMILES string of the molecule is CN(C(=O)CNC(=O)c1ccccc1)C1CCCCC1. The number of nitrogens with zero attached hydrogens (tertiary/aromatic N) is 1. The van der Waals surface area contributed by atoms with Crippen molar-refractivity contribution in [1.29, 1.82) is 0 Å². The summed E-state index contributed by atoms with van der Waals surface area (Å²) in [5.41, 5.74) is 0.584. The van der Waals surface area contributed by atoms with Gasteiger partial charge in [0.05, 0.1) is 6.54 Å². The van der Waals surface area contributed by atoms with Crippen molar-refractivity contribution < 1.29 is 9.59 Å². The molecule has 0 atom stereocenters. The molecule has 0 aliphatic heterocycles. The first-order valence-corrected chi connectivity index (χ1v) is 7.27. The van der Waals surface area contributed by atoms with Gasteiger partial charge in [-0.15, -0.1) is 0 Å². The zero-order chi connectivity index (χ0) is 14.4. The first-order valence-electron chi connectivity index (χ1n) is 7.27. The number of likely N-dealkylation sites (N-methyl/N-ethyl adjacent to an activating group) is 1. The molecule has 0 radical (unpaired) electrons. The molecule has 0 bridgehead atoms. The molecule has 0 aromatic heterocycles. The van der Waals surface area contributed by atoms with Crippen molar-refractivity contribution in [3.8, 4) is 0 Å². The number of hydrogen-bond acceptors (Lipinski definition) is 2. The average Bonchev–Trinajstić information content (AvgIpc) is 2.53. The first kappa shape index (κ1) is 14.6. The number of benzene rings is 1. The van der Waals surface area contributed by atoms with Gasteiger partial charge in [0.15, 0.2) is 0 Å². The van der Waals surface area contributed by atoms with Crippen molar-refractivity contribution in [3.63, 3.8) is 0 Å². The van der Waals surface area contributed by atoms with E-state index >= 15 is 0 Å². The van der Waals surface area contributed by atoms with Gasteiger partial charge in [0, 0.05) is 18.7 Å². The quantitative estimate of drug-likeness (QED) is 0.915. The van der Waals surface area contributed by atoms with Crippen molar-refractivity contribution >= 4 is 11.8 Å². The molecule has 4 heteroatoms. The minimum atomic E-state index is -0.198. The fourth-order valence-corrected chi connectivity index (χ4v) is 2.64. The summed E-state index contributed by atoms with van der Waals surface area (Å²) in [5, 5.41) is 2.69. The van der Waals surface area contributed by atoms with Crippen LogP contribution in [0.3, 0.4) is 0 Å². The molecule has 4 nitrogen and oxygen atoms in total.